The molecule has 2 rings (SSSR count). The van der Waals surface area contributed by atoms with Crippen LogP contribution in [-0.4, -0.2) is 36.0 Å². The first kappa shape index (κ1) is 14.1. The number of nitrogens with zero attached hydrogens (tertiary/aromatic N) is 1. The third-order valence-electron chi connectivity index (χ3n) is 3.30. The van der Waals surface area contributed by atoms with Crippen molar-refractivity contribution in [2.24, 2.45) is 0 Å². The van der Waals surface area contributed by atoms with Crippen LogP contribution in [0.5, 0.6) is 5.75 Å². The average Bonchev–Trinajstić information content (AvgIpc) is 2.37. The van der Waals surface area contributed by atoms with Crippen molar-refractivity contribution < 1.29 is 14.6 Å². The Hall–Kier alpha value is -1.30. The molecule has 0 aromatic heterocycles. The quantitative estimate of drug-likeness (QED) is 0.787. The molecular weight excluding hydrogens is 244 g/mol. The van der Waals surface area contributed by atoms with Crippen LogP contribution in [0.25, 0.3) is 0 Å². The Morgan fingerprint density at radius 3 is 2.89 bits per heavy atom. The normalized spacial score (nSPS) is 14.6. The molecule has 19 heavy (non-hydrogen) atoms. The molecule has 0 fully saturated rings. The first-order chi connectivity index (χ1) is 9.11. The number of aliphatic hydroxyl groups is 1. The van der Waals surface area contributed by atoms with Crippen molar-refractivity contribution >= 4 is 5.69 Å². The number of nitrogen functional groups attached to an aromatic ring is 1. The molecule has 3 N–H and O–H groups in total. The van der Waals surface area contributed by atoms with Crippen LogP contribution in [0.4, 0.5) is 5.69 Å². The molecule has 1 aliphatic rings. The van der Waals surface area contributed by atoms with Crippen molar-refractivity contribution in [1.82, 2.24) is 4.90 Å². The van der Waals surface area contributed by atoms with Gasteiger partial charge in [0.15, 0.2) is 6.79 Å². The molecule has 1 aliphatic heterocycles. The zero-order chi connectivity index (χ0) is 13.8. The van der Waals surface area contributed by atoms with E-state index < -0.39 is 0 Å². The molecule has 0 aliphatic carbocycles. The van der Waals surface area contributed by atoms with E-state index in [9.17, 15) is 0 Å². The lowest BCUT2D eigenvalue weighted by Crippen LogP contribution is -2.33. The second kappa shape index (κ2) is 6.23. The van der Waals surface area contributed by atoms with Crippen LogP contribution in [0.1, 0.15) is 25.0 Å². The van der Waals surface area contributed by atoms with Crippen LogP contribution in [0, 0.1) is 0 Å². The van der Waals surface area contributed by atoms with Gasteiger partial charge in [-0.2, -0.15) is 0 Å². The van der Waals surface area contributed by atoms with Crippen molar-refractivity contribution in [3.05, 3.63) is 23.3 Å². The molecule has 0 saturated heterocycles. The predicted molar refractivity (Wildman–Crippen MR) is 73.8 cm³/mol. The molecule has 0 spiro atoms. The van der Waals surface area contributed by atoms with Gasteiger partial charge in [0.2, 0.25) is 0 Å². The van der Waals surface area contributed by atoms with Gasteiger partial charge in [0.1, 0.15) is 5.75 Å². The molecule has 0 atom stereocenters. The molecule has 0 bridgehead atoms. The molecule has 1 aromatic rings. The van der Waals surface area contributed by atoms with Gasteiger partial charge in [-0.3, -0.25) is 4.90 Å². The molecule has 1 aromatic carbocycles. The maximum atomic E-state index is 9.14. The van der Waals surface area contributed by atoms with Gasteiger partial charge in [-0.15, -0.1) is 0 Å². The molecule has 5 nitrogen and oxygen atoms in total. The molecule has 5 heteroatoms. The fourth-order valence-electron chi connectivity index (χ4n) is 2.31. The lowest BCUT2D eigenvalue weighted by molar-refractivity contribution is -0.0175. The lowest BCUT2D eigenvalue weighted by Gasteiger charge is -2.28. The third kappa shape index (κ3) is 3.37. The summed E-state index contributed by atoms with van der Waals surface area (Å²) in [5.74, 6) is 0.879. The molecule has 0 amide bonds. The van der Waals surface area contributed by atoms with Gasteiger partial charge < -0.3 is 20.3 Å². The van der Waals surface area contributed by atoms with Crippen molar-refractivity contribution in [2.45, 2.75) is 33.0 Å². The van der Waals surface area contributed by atoms with Gasteiger partial charge in [0.05, 0.1) is 13.2 Å². The fraction of sp³-hybridized carbons (Fsp3) is 0.571. The number of rotatable bonds is 5. The Labute approximate surface area is 113 Å². The van der Waals surface area contributed by atoms with Crippen molar-refractivity contribution in [2.75, 3.05) is 25.7 Å². The SMILES string of the molecule is CC(C)N(CCO)Cc1cc(N)cc2c1OCOC2. The number of anilines is 1. The first-order valence-electron chi connectivity index (χ1n) is 6.58. The summed E-state index contributed by atoms with van der Waals surface area (Å²) in [6.45, 7) is 6.54. The Bertz CT molecular complexity index is 435. The Morgan fingerprint density at radius 2 is 2.21 bits per heavy atom. The third-order valence-corrected chi connectivity index (χ3v) is 3.30. The molecule has 0 unspecified atom stereocenters. The van der Waals surface area contributed by atoms with Crippen LogP contribution in [0.2, 0.25) is 0 Å². The van der Waals surface area contributed by atoms with E-state index in [0.29, 0.717) is 25.7 Å². The van der Waals surface area contributed by atoms with Crippen LogP contribution in [-0.2, 0) is 17.9 Å². The number of fused-ring (bicyclic) bond motifs is 1. The van der Waals surface area contributed by atoms with Crippen molar-refractivity contribution in [3.8, 4) is 5.75 Å². The lowest BCUT2D eigenvalue weighted by atomic mass is 10.1. The van der Waals surface area contributed by atoms with Gasteiger partial charge in [-0.25, -0.2) is 0 Å². The molecular formula is C14H22N2O3. The zero-order valence-electron chi connectivity index (χ0n) is 11.6. The Morgan fingerprint density at radius 1 is 1.42 bits per heavy atom. The molecule has 0 radical (unpaired) electrons. The summed E-state index contributed by atoms with van der Waals surface area (Å²) in [5.41, 5.74) is 8.70. The summed E-state index contributed by atoms with van der Waals surface area (Å²) in [6, 6.07) is 4.18. The minimum atomic E-state index is 0.145. The van der Waals surface area contributed by atoms with Gasteiger partial charge in [-0.05, 0) is 26.0 Å². The van der Waals surface area contributed by atoms with Crippen molar-refractivity contribution in [3.63, 3.8) is 0 Å². The van der Waals surface area contributed by atoms with Crippen LogP contribution >= 0.6 is 0 Å². The largest absolute Gasteiger partial charge is 0.467 e. The number of aliphatic hydroxyl groups excluding tert-OH is 1. The topological polar surface area (TPSA) is 68.0 Å². The molecule has 0 saturated carbocycles. The van der Waals surface area contributed by atoms with Crippen LogP contribution in [0.3, 0.4) is 0 Å². The van der Waals surface area contributed by atoms with E-state index in [-0.39, 0.29) is 13.4 Å². The number of ether oxygens (including phenoxy) is 2. The fourth-order valence-corrected chi connectivity index (χ4v) is 2.31. The average molecular weight is 266 g/mol. The van der Waals surface area contributed by atoms with Crippen LogP contribution in [0.15, 0.2) is 12.1 Å². The summed E-state index contributed by atoms with van der Waals surface area (Å²) >= 11 is 0. The van der Waals surface area contributed by atoms with E-state index in [1.165, 1.54) is 0 Å². The van der Waals surface area contributed by atoms with Gasteiger partial charge in [-0.1, -0.05) is 0 Å². The van der Waals surface area contributed by atoms with Crippen molar-refractivity contribution in [1.29, 1.82) is 0 Å². The van der Waals surface area contributed by atoms with E-state index in [0.717, 1.165) is 22.6 Å². The highest BCUT2D eigenvalue weighted by Crippen LogP contribution is 2.31. The summed E-state index contributed by atoms with van der Waals surface area (Å²) < 4.78 is 10.9. The number of nitrogens with two attached hydrogens (primary N) is 1. The number of benzene rings is 1. The predicted octanol–water partition coefficient (Wildman–Crippen LogP) is 1.34. The van der Waals surface area contributed by atoms with E-state index in [1.54, 1.807) is 0 Å². The second-order valence-electron chi connectivity index (χ2n) is 5.07. The monoisotopic (exact) mass is 266 g/mol. The summed E-state index contributed by atoms with van der Waals surface area (Å²) in [7, 11) is 0. The smallest absolute Gasteiger partial charge is 0.189 e. The summed E-state index contributed by atoms with van der Waals surface area (Å²) in [5, 5.41) is 9.14. The standard InChI is InChI=1S/C14H22N2O3/c1-10(2)16(3-4-17)7-11-5-13(15)6-12-8-18-9-19-14(11)12/h5-6,10,17H,3-4,7-9,15H2,1-2H3. The number of hydrogen-bond donors (Lipinski definition) is 2. The Balaban J connectivity index is 2.25. The highest BCUT2D eigenvalue weighted by molar-refractivity contribution is 5.53. The maximum absolute atomic E-state index is 9.14. The highest BCUT2D eigenvalue weighted by atomic mass is 16.7. The summed E-state index contributed by atoms with van der Waals surface area (Å²) in [4.78, 5) is 2.19. The first-order valence-corrected chi connectivity index (χ1v) is 6.58. The maximum Gasteiger partial charge on any atom is 0.189 e. The van der Waals surface area contributed by atoms with E-state index in [1.807, 2.05) is 12.1 Å². The van der Waals surface area contributed by atoms with Gasteiger partial charge in [0.25, 0.3) is 0 Å². The Kier molecular flexibility index (Phi) is 4.63. The zero-order valence-corrected chi connectivity index (χ0v) is 11.6. The second-order valence-corrected chi connectivity index (χ2v) is 5.07. The summed E-state index contributed by atoms with van der Waals surface area (Å²) in [6.07, 6.45) is 0. The highest BCUT2D eigenvalue weighted by Gasteiger charge is 2.19. The van der Waals surface area contributed by atoms with E-state index >= 15 is 0 Å². The number of hydrogen-bond acceptors (Lipinski definition) is 5. The van der Waals surface area contributed by atoms with Crippen LogP contribution < -0.4 is 10.5 Å². The minimum Gasteiger partial charge on any atom is -0.467 e. The minimum absolute atomic E-state index is 0.145. The van der Waals surface area contributed by atoms with Gasteiger partial charge in [0, 0.05) is 35.9 Å². The van der Waals surface area contributed by atoms with E-state index in [4.69, 9.17) is 20.3 Å². The van der Waals surface area contributed by atoms with Gasteiger partial charge >= 0.3 is 0 Å². The molecule has 1 heterocycles. The molecule has 106 valence electrons. The van der Waals surface area contributed by atoms with E-state index in [2.05, 4.69) is 18.7 Å².